The van der Waals surface area contributed by atoms with Crippen LogP contribution < -0.4 is 5.32 Å². The summed E-state index contributed by atoms with van der Waals surface area (Å²) < 4.78 is 0. The summed E-state index contributed by atoms with van der Waals surface area (Å²) in [6.07, 6.45) is 5.30. The molecule has 2 heterocycles. The molecule has 0 atom stereocenters. The number of nitrogens with zero attached hydrogens (tertiary/aromatic N) is 3. The van der Waals surface area contributed by atoms with Crippen LogP contribution in [0.5, 0.6) is 0 Å². The van der Waals surface area contributed by atoms with E-state index >= 15 is 0 Å². The van der Waals surface area contributed by atoms with Crippen molar-refractivity contribution in [1.29, 1.82) is 0 Å². The minimum absolute atomic E-state index is 0.0122. The molecule has 0 saturated heterocycles. The van der Waals surface area contributed by atoms with Gasteiger partial charge in [0.25, 0.3) is 5.91 Å². The summed E-state index contributed by atoms with van der Waals surface area (Å²) >= 11 is 0. The topological polar surface area (TPSA) is 58.1 Å². The van der Waals surface area contributed by atoms with Gasteiger partial charge in [0.15, 0.2) is 0 Å². The highest BCUT2D eigenvalue weighted by Gasteiger charge is 2.11. The Morgan fingerprint density at radius 2 is 1.84 bits per heavy atom. The third-order valence-corrected chi connectivity index (χ3v) is 3.89. The van der Waals surface area contributed by atoms with Gasteiger partial charge in [-0.25, -0.2) is 4.98 Å². The molecule has 1 amide bonds. The first-order valence-corrected chi connectivity index (χ1v) is 8.00. The van der Waals surface area contributed by atoms with Gasteiger partial charge in [0, 0.05) is 37.6 Å². The van der Waals surface area contributed by atoms with Gasteiger partial charge >= 0.3 is 0 Å². The molecule has 126 valence electrons. The standard InChI is InChI=1S/C20H20N4O/c1-14-11-15(6-8-18(14)20(25)24(2)3)16-7-9-19(22-12-16)23-17-5-4-10-21-13-17/h4-13H,1-3H3,(H,22,23). The Kier molecular flexibility index (Phi) is 4.75. The molecule has 0 aliphatic rings. The zero-order valence-electron chi connectivity index (χ0n) is 14.5. The van der Waals surface area contributed by atoms with Gasteiger partial charge < -0.3 is 10.2 Å². The number of aromatic nitrogens is 2. The number of benzene rings is 1. The number of hydrogen-bond acceptors (Lipinski definition) is 4. The molecule has 5 nitrogen and oxygen atoms in total. The normalized spacial score (nSPS) is 10.4. The van der Waals surface area contributed by atoms with Crippen molar-refractivity contribution in [3.05, 3.63) is 72.2 Å². The largest absolute Gasteiger partial charge is 0.345 e. The van der Waals surface area contributed by atoms with Crippen molar-refractivity contribution >= 4 is 17.4 Å². The third kappa shape index (κ3) is 3.83. The first kappa shape index (κ1) is 16.6. The highest BCUT2D eigenvalue weighted by atomic mass is 16.2. The van der Waals surface area contributed by atoms with Gasteiger partial charge in [-0.15, -0.1) is 0 Å². The van der Waals surface area contributed by atoms with Crippen molar-refractivity contribution in [2.24, 2.45) is 0 Å². The molecule has 0 unspecified atom stereocenters. The van der Waals surface area contributed by atoms with E-state index in [2.05, 4.69) is 15.3 Å². The highest BCUT2D eigenvalue weighted by molar-refractivity contribution is 5.95. The summed E-state index contributed by atoms with van der Waals surface area (Å²) in [5, 5.41) is 3.21. The molecule has 0 aliphatic carbocycles. The number of carbonyl (C=O) groups is 1. The van der Waals surface area contributed by atoms with Crippen LogP contribution in [0.15, 0.2) is 61.1 Å². The van der Waals surface area contributed by atoms with E-state index in [1.165, 1.54) is 0 Å². The summed E-state index contributed by atoms with van der Waals surface area (Å²) in [5.74, 6) is 0.770. The zero-order valence-corrected chi connectivity index (χ0v) is 14.5. The quantitative estimate of drug-likeness (QED) is 0.787. The molecule has 3 rings (SSSR count). The second-order valence-electron chi connectivity index (χ2n) is 6.03. The lowest BCUT2D eigenvalue weighted by atomic mass is 10.0. The Morgan fingerprint density at radius 1 is 1.04 bits per heavy atom. The van der Waals surface area contributed by atoms with Crippen molar-refractivity contribution < 1.29 is 4.79 Å². The summed E-state index contributed by atoms with van der Waals surface area (Å²) in [4.78, 5) is 22.2. The fraction of sp³-hybridized carbons (Fsp3) is 0.150. The summed E-state index contributed by atoms with van der Waals surface area (Å²) in [6.45, 7) is 1.95. The number of carbonyl (C=O) groups excluding carboxylic acids is 1. The van der Waals surface area contributed by atoms with Gasteiger partial charge in [0.1, 0.15) is 5.82 Å². The molecule has 25 heavy (non-hydrogen) atoms. The number of aryl methyl sites for hydroxylation is 1. The lowest BCUT2D eigenvalue weighted by molar-refractivity contribution is 0.0827. The fourth-order valence-corrected chi connectivity index (χ4v) is 2.55. The maximum atomic E-state index is 12.1. The van der Waals surface area contributed by atoms with Crippen LogP contribution in [0.1, 0.15) is 15.9 Å². The Balaban J connectivity index is 1.80. The molecule has 0 fully saturated rings. The van der Waals surface area contributed by atoms with Crippen LogP contribution in [0, 0.1) is 6.92 Å². The van der Waals surface area contributed by atoms with Gasteiger partial charge in [-0.1, -0.05) is 12.1 Å². The van der Waals surface area contributed by atoms with Crippen molar-refractivity contribution in [2.75, 3.05) is 19.4 Å². The summed E-state index contributed by atoms with van der Waals surface area (Å²) in [5.41, 5.74) is 4.60. The van der Waals surface area contributed by atoms with E-state index in [-0.39, 0.29) is 5.91 Å². The van der Waals surface area contributed by atoms with Gasteiger partial charge in [-0.2, -0.15) is 0 Å². The Hall–Kier alpha value is -3.21. The third-order valence-electron chi connectivity index (χ3n) is 3.89. The maximum Gasteiger partial charge on any atom is 0.253 e. The zero-order chi connectivity index (χ0) is 17.8. The lowest BCUT2D eigenvalue weighted by Crippen LogP contribution is -2.22. The number of hydrogen-bond donors (Lipinski definition) is 1. The second-order valence-corrected chi connectivity index (χ2v) is 6.03. The molecule has 0 saturated carbocycles. The van der Waals surface area contributed by atoms with E-state index in [0.717, 1.165) is 33.8 Å². The number of amides is 1. The minimum Gasteiger partial charge on any atom is -0.345 e. The molecule has 5 heteroatoms. The van der Waals surface area contributed by atoms with Crippen LogP contribution in [0.3, 0.4) is 0 Å². The molecule has 0 radical (unpaired) electrons. The van der Waals surface area contributed by atoms with Crippen LogP contribution in [-0.4, -0.2) is 34.9 Å². The minimum atomic E-state index is 0.0122. The number of pyridine rings is 2. The van der Waals surface area contributed by atoms with Crippen molar-refractivity contribution in [3.8, 4) is 11.1 Å². The smallest absolute Gasteiger partial charge is 0.253 e. The second kappa shape index (κ2) is 7.13. The Bertz CT molecular complexity index is 874. The van der Waals surface area contributed by atoms with E-state index < -0.39 is 0 Å². The predicted octanol–water partition coefficient (Wildman–Crippen LogP) is 3.90. The van der Waals surface area contributed by atoms with E-state index in [9.17, 15) is 4.79 Å². The van der Waals surface area contributed by atoms with Gasteiger partial charge in [0.2, 0.25) is 0 Å². The van der Waals surface area contributed by atoms with Gasteiger partial charge in [0.05, 0.1) is 11.9 Å². The molecule has 0 spiro atoms. The van der Waals surface area contributed by atoms with E-state index in [0.29, 0.717) is 0 Å². The van der Waals surface area contributed by atoms with Crippen molar-refractivity contribution in [2.45, 2.75) is 6.92 Å². The molecule has 1 aromatic carbocycles. The van der Waals surface area contributed by atoms with E-state index in [1.54, 1.807) is 31.4 Å². The molecular weight excluding hydrogens is 312 g/mol. The van der Waals surface area contributed by atoms with Crippen molar-refractivity contribution in [3.63, 3.8) is 0 Å². The average molecular weight is 332 g/mol. The van der Waals surface area contributed by atoms with Crippen LogP contribution in [0.4, 0.5) is 11.5 Å². The Labute approximate surface area is 147 Å². The maximum absolute atomic E-state index is 12.1. The molecular formula is C20H20N4O. The van der Waals surface area contributed by atoms with Crippen LogP contribution >= 0.6 is 0 Å². The van der Waals surface area contributed by atoms with Gasteiger partial charge in [-0.05, 0) is 48.4 Å². The molecule has 0 aliphatic heterocycles. The first-order chi connectivity index (χ1) is 12.0. The first-order valence-electron chi connectivity index (χ1n) is 8.00. The average Bonchev–Trinajstić information content (AvgIpc) is 2.62. The predicted molar refractivity (Wildman–Crippen MR) is 99.9 cm³/mol. The number of rotatable bonds is 4. The lowest BCUT2D eigenvalue weighted by Gasteiger charge is -2.13. The Morgan fingerprint density at radius 3 is 2.44 bits per heavy atom. The van der Waals surface area contributed by atoms with Crippen LogP contribution in [-0.2, 0) is 0 Å². The van der Waals surface area contributed by atoms with Crippen molar-refractivity contribution in [1.82, 2.24) is 14.9 Å². The number of anilines is 2. The van der Waals surface area contributed by atoms with Gasteiger partial charge in [-0.3, -0.25) is 9.78 Å². The molecule has 2 aromatic heterocycles. The van der Waals surface area contributed by atoms with E-state index in [4.69, 9.17) is 0 Å². The molecule has 1 N–H and O–H groups in total. The van der Waals surface area contributed by atoms with E-state index in [1.807, 2.05) is 55.6 Å². The SMILES string of the molecule is Cc1cc(-c2ccc(Nc3cccnc3)nc2)ccc1C(=O)N(C)C. The van der Waals surface area contributed by atoms with Crippen LogP contribution in [0.2, 0.25) is 0 Å². The fourth-order valence-electron chi connectivity index (χ4n) is 2.55. The highest BCUT2D eigenvalue weighted by Crippen LogP contribution is 2.24. The summed E-state index contributed by atoms with van der Waals surface area (Å²) in [7, 11) is 3.52. The molecule has 3 aromatic rings. The van der Waals surface area contributed by atoms with Crippen LogP contribution in [0.25, 0.3) is 11.1 Å². The summed E-state index contributed by atoms with van der Waals surface area (Å²) in [6, 6.07) is 13.6. The monoisotopic (exact) mass is 332 g/mol. The molecule has 0 bridgehead atoms. The number of nitrogens with one attached hydrogen (secondary N) is 1.